The first-order chi connectivity index (χ1) is 15.7. The van der Waals surface area contributed by atoms with E-state index in [2.05, 4.69) is 0 Å². The Balaban J connectivity index is 1.71. The zero-order valence-corrected chi connectivity index (χ0v) is 18.4. The predicted octanol–water partition coefficient (Wildman–Crippen LogP) is 6.18. The summed E-state index contributed by atoms with van der Waals surface area (Å²) in [7, 11) is 0. The van der Waals surface area contributed by atoms with Crippen LogP contribution < -0.4 is 4.90 Å². The van der Waals surface area contributed by atoms with Gasteiger partial charge in [0.05, 0.1) is 11.1 Å². The lowest BCUT2D eigenvalue weighted by Crippen LogP contribution is -2.31. The third-order valence-corrected chi connectivity index (χ3v) is 6.69. The number of alkyl halides is 3. The average Bonchev–Trinajstić information content (AvgIpc) is 3.32. The van der Waals surface area contributed by atoms with Crippen LogP contribution in [0.25, 0.3) is 0 Å². The normalized spacial score (nSPS) is 16.5. The minimum atomic E-state index is -4.52. The average molecular weight is 472 g/mol. The number of halogens is 3. The molecule has 4 nitrogen and oxygen atoms in total. The second-order valence-corrected chi connectivity index (χ2v) is 8.71. The fourth-order valence-electron chi connectivity index (χ4n) is 3.92. The van der Waals surface area contributed by atoms with E-state index in [0.717, 1.165) is 23.3 Å². The van der Waals surface area contributed by atoms with Crippen LogP contribution in [0.15, 0.2) is 77.4 Å². The Labute approximate surface area is 192 Å². The van der Waals surface area contributed by atoms with Crippen molar-refractivity contribution in [3.8, 4) is 0 Å². The monoisotopic (exact) mass is 471 g/mol. The van der Waals surface area contributed by atoms with Crippen LogP contribution in [0.1, 0.15) is 34.0 Å². The number of aryl methyl sites for hydroxylation is 2. The molecule has 0 bridgehead atoms. The van der Waals surface area contributed by atoms with Gasteiger partial charge in [0.2, 0.25) is 0 Å². The number of ketones is 1. The Hall–Kier alpha value is -3.39. The molecule has 1 amide bonds. The molecule has 1 aliphatic heterocycles. The number of aliphatic hydroxyl groups excluding tert-OH is 1. The van der Waals surface area contributed by atoms with Gasteiger partial charge in [0, 0.05) is 17.0 Å². The van der Waals surface area contributed by atoms with Gasteiger partial charge in [0.1, 0.15) is 6.04 Å². The largest absolute Gasteiger partial charge is 0.503 e. The molecule has 4 rings (SSSR count). The number of aliphatic hydroxyl groups is 1. The van der Waals surface area contributed by atoms with Gasteiger partial charge in [0.15, 0.2) is 11.5 Å². The van der Waals surface area contributed by atoms with Crippen molar-refractivity contribution in [3.05, 3.63) is 98.9 Å². The zero-order valence-electron chi connectivity index (χ0n) is 17.6. The lowest BCUT2D eigenvalue weighted by Gasteiger charge is -2.26. The number of hydrogen-bond donors (Lipinski definition) is 1. The predicted molar refractivity (Wildman–Crippen MR) is 120 cm³/mol. The molecule has 3 aromatic rings. The van der Waals surface area contributed by atoms with Crippen LogP contribution in [0.3, 0.4) is 0 Å². The lowest BCUT2D eigenvalue weighted by atomic mass is 9.95. The fourth-order valence-corrected chi connectivity index (χ4v) is 4.94. The molecule has 170 valence electrons. The second kappa shape index (κ2) is 8.86. The smallest absolute Gasteiger partial charge is 0.416 e. The minimum Gasteiger partial charge on any atom is -0.503 e. The van der Waals surface area contributed by atoms with E-state index in [1.54, 1.807) is 0 Å². The molecule has 0 spiro atoms. The fraction of sp³-hybridized carbons (Fsp3) is 0.200. The van der Waals surface area contributed by atoms with Crippen molar-refractivity contribution in [3.63, 3.8) is 0 Å². The molecule has 0 radical (unpaired) electrons. The zero-order chi connectivity index (χ0) is 23.8. The molecule has 2 heterocycles. The lowest BCUT2D eigenvalue weighted by molar-refractivity contribution is -0.137. The minimum absolute atomic E-state index is 0.0265. The molecule has 0 saturated heterocycles. The highest BCUT2D eigenvalue weighted by Crippen LogP contribution is 2.44. The van der Waals surface area contributed by atoms with Crippen LogP contribution in [0.5, 0.6) is 0 Å². The summed E-state index contributed by atoms with van der Waals surface area (Å²) in [6.07, 6.45) is -4.00. The number of nitrogens with zero attached hydrogens (tertiary/aromatic N) is 1. The highest BCUT2D eigenvalue weighted by atomic mass is 32.1. The van der Waals surface area contributed by atoms with Crippen LogP contribution in [0.2, 0.25) is 0 Å². The van der Waals surface area contributed by atoms with Crippen molar-refractivity contribution >= 4 is 28.7 Å². The van der Waals surface area contributed by atoms with E-state index in [-0.39, 0.29) is 23.5 Å². The maximum absolute atomic E-state index is 13.2. The number of benzene rings is 2. The van der Waals surface area contributed by atoms with Crippen LogP contribution in [-0.2, 0) is 22.2 Å². The van der Waals surface area contributed by atoms with Gasteiger partial charge in [-0.15, -0.1) is 11.3 Å². The van der Waals surface area contributed by atoms with Crippen molar-refractivity contribution in [1.82, 2.24) is 0 Å². The van der Waals surface area contributed by atoms with E-state index >= 15 is 0 Å². The third-order valence-electron chi connectivity index (χ3n) is 5.61. The van der Waals surface area contributed by atoms with Crippen molar-refractivity contribution in [2.45, 2.75) is 32.0 Å². The van der Waals surface area contributed by atoms with E-state index in [1.807, 2.05) is 48.7 Å². The van der Waals surface area contributed by atoms with Gasteiger partial charge < -0.3 is 5.11 Å². The Kier molecular flexibility index (Phi) is 6.12. The van der Waals surface area contributed by atoms with Gasteiger partial charge in [-0.05, 0) is 60.2 Å². The molecule has 1 unspecified atom stereocenters. The molecule has 1 N–H and O–H groups in total. The number of rotatable bonds is 6. The highest BCUT2D eigenvalue weighted by Gasteiger charge is 2.45. The first-order valence-corrected chi connectivity index (χ1v) is 11.1. The summed E-state index contributed by atoms with van der Waals surface area (Å²) in [6, 6.07) is 14.4. The van der Waals surface area contributed by atoms with Crippen molar-refractivity contribution in [2.75, 3.05) is 4.90 Å². The van der Waals surface area contributed by atoms with Gasteiger partial charge in [0.25, 0.3) is 5.91 Å². The summed E-state index contributed by atoms with van der Waals surface area (Å²) in [5.74, 6) is -1.85. The van der Waals surface area contributed by atoms with Crippen LogP contribution in [-0.4, -0.2) is 16.8 Å². The Morgan fingerprint density at radius 2 is 1.73 bits per heavy atom. The molecule has 0 saturated carbocycles. The molecular formula is C25H20F3NO3S. The number of hydrogen-bond acceptors (Lipinski definition) is 4. The second-order valence-electron chi connectivity index (χ2n) is 7.76. The molecule has 1 aliphatic rings. The molecule has 0 aliphatic carbocycles. The molecule has 1 atom stereocenters. The quantitative estimate of drug-likeness (QED) is 0.467. The number of anilines is 1. The molecule has 8 heteroatoms. The van der Waals surface area contributed by atoms with Crippen molar-refractivity contribution in [2.24, 2.45) is 0 Å². The van der Waals surface area contributed by atoms with Crippen molar-refractivity contribution in [1.29, 1.82) is 0 Å². The van der Waals surface area contributed by atoms with Crippen molar-refractivity contribution < 1.29 is 27.9 Å². The summed E-state index contributed by atoms with van der Waals surface area (Å²) < 4.78 is 39.0. The first kappa shape index (κ1) is 22.8. The van der Waals surface area contributed by atoms with E-state index in [4.69, 9.17) is 0 Å². The summed E-state index contributed by atoms with van der Waals surface area (Å²) in [5, 5.41) is 12.5. The molecular weight excluding hydrogens is 451 g/mol. The van der Waals surface area contributed by atoms with Gasteiger partial charge in [-0.2, -0.15) is 13.2 Å². The molecule has 0 fully saturated rings. The Morgan fingerprint density at radius 1 is 1.06 bits per heavy atom. The number of thiophene rings is 1. The van der Waals surface area contributed by atoms with Gasteiger partial charge in [-0.25, -0.2) is 0 Å². The number of carbonyl (C=O) groups excluding carboxylic acids is 2. The first-order valence-electron chi connectivity index (χ1n) is 10.2. The van der Waals surface area contributed by atoms with E-state index in [1.165, 1.54) is 28.4 Å². The maximum Gasteiger partial charge on any atom is 0.416 e. The summed E-state index contributed by atoms with van der Waals surface area (Å²) >= 11 is 1.32. The summed E-state index contributed by atoms with van der Waals surface area (Å²) in [4.78, 5) is 28.1. The maximum atomic E-state index is 13.2. The number of Topliss-reactive ketones (excluding diaryl/α,β-unsaturated/α-hetero) is 1. The topological polar surface area (TPSA) is 57.6 Å². The van der Waals surface area contributed by atoms with E-state index in [0.29, 0.717) is 11.3 Å². The SMILES string of the molecule is Cc1ccsc1C1C(C(=O)CCc2ccccc2)=C(O)C(=O)N1c1ccc(C(F)(F)F)cc1. The standard InChI is InChI=1S/C25H20F3NO3S/c1-15-13-14-33-23(15)21-20(19(30)12-7-16-5-3-2-4-6-16)22(31)24(32)29(21)18-10-8-17(9-11-18)25(26,27)28/h2-6,8-11,13-14,21,31H,7,12H2,1H3. The Bertz CT molecular complexity index is 1210. The van der Waals surface area contributed by atoms with Crippen LogP contribution in [0, 0.1) is 6.92 Å². The van der Waals surface area contributed by atoms with Gasteiger partial charge in [-0.1, -0.05) is 30.3 Å². The molecule has 1 aromatic heterocycles. The Morgan fingerprint density at radius 3 is 2.30 bits per heavy atom. The van der Waals surface area contributed by atoms with Crippen LogP contribution >= 0.6 is 11.3 Å². The van der Waals surface area contributed by atoms with Gasteiger partial charge in [-0.3, -0.25) is 14.5 Å². The molecule has 2 aromatic carbocycles. The van der Waals surface area contributed by atoms with Gasteiger partial charge >= 0.3 is 6.18 Å². The summed E-state index contributed by atoms with van der Waals surface area (Å²) in [5.41, 5.74) is 1.05. The highest BCUT2D eigenvalue weighted by molar-refractivity contribution is 7.10. The van der Waals surface area contributed by atoms with E-state index in [9.17, 15) is 27.9 Å². The molecule has 33 heavy (non-hydrogen) atoms. The summed E-state index contributed by atoms with van der Waals surface area (Å²) in [6.45, 7) is 1.82. The van der Waals surface area contributed by atoms with Crippen LogP contribution in [0.4, 0.5) is 18.9 Å². The number of carbonyl (C=O) groups is 2. The van der Waals surface area contributed by atoms with E-state index < -0.39 is 29.4 Å². The third kappa shape index (κ3) is 4.43. The number of amides is 1.